The third-order valence-corrected chi connectivity index (χ3v) is 7.05. The van der Waals surface area contributed by atoms with E-state index in [-0.39, 0.29) is 10.6 Å². The first-order valence-electron chi connectivity index (χ1n) is 9.81. The van der Waals surface area contributed by atoms with E-state index in [2.05, 4.69) is 5.32 Å². The zero-order valence-corrected chi connectivity index (χ0v) is 17.3. The third-order valence-electron chi connectivity index (χ3n) is 5.14. The first-order chi connectivity index (χ1) is 14.8. The van der Waals surface area contributed by atoms with Crippen molar-refractivity contribution in [3.05, 3.63) is 83.9 Å². The van der Waals surface area contributed by atoms with E-state index < -0.39 is 27.6 Å². The molecule has 3 aromatic rings. The van der Waals surface area contributed by atoms with Gasteiger partial charge in [0.25, 0.3) is 5.91 Å². The molecule has 1 fully saturated rings. The second kappa shape index (κ2) is 8.56. The number of carbonyl (C=O) groups excluding carboxylic acids is 1. The van der Waals surface area contributed by atoms with Gasteiger partial charge in [-0.2, -0.15) is 4.31 Å². The van der Waals surface area contributed by atoms with Crippen molar-refractivity contribution in [3.63, 3.8) is 0 Å². The summed E-state index contributed by atoms with van der Waals surface area (Å²) in [6.07, 6.45) is 1.74. The SMILES string of the molecule is O=C(Nc1cc(F)cc(F)c1)c1cccc(-c2ccc(S(=O)(=O)N3CCCC3)cc2)c1. The topological polar surface area (TPSA) is 66.5 Å². The minimum atomic E-state index is -3.49. The molecule has 1 heterocycles. The Balaban J connectivity index is 1.54. The van der Waals surface area contributed by atoms with Crippen LogP contribution < -0.4 is 5.32 Å². The average Bonchev–Trinajstić information content (AvgIpc) is 3.29. The Morgan fingerprint density at radius 3 is 2.13 bits per heavy atom. The number of carbonyl (C=O) groups is 1. The van der Waals surface area contributed by atoms with Crippen LogP contribution in [0.5, 0.6) is 0 Å². The number of nitrogens with one attached hydrogen (secondary N) is 1. The lowest BCUT2D eigenvalue weighted by Crippen LogP contribution is -2.27. The van der Waals surface area contributed by atoms with E-state index in [4.69, 9.17) is 0 Å². The van der Waals surface area contributed by atoms with Crippen molar-refractivity contribution < 1.29 is 22.0 Å². The molecule has 4 rings (SSSR count). The first kappa shape index (κ1) is 21.1. The fraction of sp³-hybridized carbons (Fsp3) is 0.174. The number of rotatable bonds is 5. The van der Waals surface area contributed by atoms with Crippen LogP contribution in [0.2, 0.25) is 0 Å². The van der Waals surface area contributed by atoms with Gasteiger partial charge in [-0.3, -0.25) is 4.79 Å². The summed E-state index contributed by atoms with van der Waals surface area (Å²) in [6.45, 7) is 1.08. The summed E-state index contributed by atoms with van der Waals surface area (Å²) in [5, 5.41) is 2.48. The molecule has 160 valence electrons. The molecule has 1 aliphatic heterocycles. The standard InChI is InChI=1S/C23H20F2N2O3S/c24-19-13-20(25)15-21(14-19)26-23(28)18-5-3-4-17(12-18)16-6-8-22(9-7-16)31(29,30)27-10-1-2-11-27/h3-9,12-15H,1-2,10-11H2,(H,26,28). The van der Waals surface area contributed by atoms with Gasteiger partial charge in [0.2, 0.25) is 10.0 Å². The lowest BCUT2D eigenvalue weighted by atomic mass is 10.0. The highest BCUT2D eigenvalue weighted by Gasteiger charge is 2.26. The zero-order valence-electron chi connectivity index (χ0n) is 16.5. The summed E-state index contributed by atoms with van der Waals surface area (Å²) < 4.78 is 53.5. The number of nitrogens with zero attached hydrogens (tertiary/aromatic N) is 1. The van der Waals surface area contributed by atoms with Gasteiger partial charge >= 0.3 is 0 Å². The van der Waals surface area contributed by atoms with E-state index >= 15 is 0 Å². The quantitative estimate of drug-likeness (QED) is 0.625. The molecule has 0 saturated carbocycles. The largest absolute Gasteiger partial charge is 0.322 e. The molecule has 0 atom stereocenters. The number of benzene rings is 3. The highest BCUT2D eigenvalue weighted by Crippen LogP contribution is 2.26. The Hall–Kier alpha value is -3.10. The molecule has 1 aliphatic rings. The van der Waals surface area contributed by atoms with Gasteiger partial charge in [0.05, 0.1) is 4.90 Å². The molecule has 3 aromatic carbocycles. The summed E-state index contributed by atoms with van der Waals surface area (Å²) in [5.41, 5.74) is 1.77. The van der Waals surface area contributed by atoms with Crippen LogP contribution in [0.4, 0.5) is 14.5 Å². The van der Waals surface area contributed by atoms with E-state index in [1.165, 1.54) is 4.31 Å². The second-order valence-corrected chi connectivity index (χ2v) is 9.27. The molecule has 0 bridgehead atoms. The molecule has 0 aromatic heterocycles. The van der Waals surface area contributed by atoms with Gasteiger partial charge in [0.15, 0.2) is 0 Å². The van der Waals surface area contributed by atoms with E-state index in [9.17, 15) is 22.0 Å². The lowest BCUT2D eigenvalue weighted by Gasteiger charge is -2.15. The third kappa shape index (κ3) is 4.65. The predicted molar refractivity (Wildman–Crippen MR) is 114 cm³/mol. The molecular weight excluding hydrogens is 422 g/mol. The Bertz CT molecular complexity index is 1200. The van der Waals surface area contributed by atoms with Crippen molar-refractivity contribution in [1.82, 2.24) is 4.31 Å². The van der Waals surface area contributed by atoms with Crippen molar-refractivity contribution in [3.8, 4) is 11.1 Å². The van der Waals surface area contributed by atoms with Gasteiger partial charge in [0.1, 0.15) is 11.6 Å². The van der Waals surface area contributed by atoms with Crippen LogP contribution in [0.25, 0.3) is 11.1 Å². The minimum absolute atomic E-state index is 0.0179. The van der Waals surface area contributed by atoms with Crippen molar-refractivity contribution in [2.45, 2.75) is 17.7 Å². The molecule has 31 heavy (non-hydrogen) atoms. The molecule has 5 nitrogen and oxygen atoms in total. The van der Waals surface area contributed by atoms with Gasteiger partial charge in [-0.05, 0) is 60.4 Å². The maximum atomic E-state index is 13.3. The van der Waals surface area contributed by atoms with Crippen LogP contribution in [0, 0.1) is 11.6 Å². The number of sulfonamides is 1. The highest BCUT2D eigenvalue weighted by molar-refractivity contribution is 7.89. The summed E-state index contributed by atoms with van der Waals surface area (Å²) in [4.78, 5) is 12.7. The average molecular weight is 442 g/mol. The Labute approximate surface area is 179 Å². The van der Waals surface area contributed by atoms with Crippen molar-refractivity contribution >= 4 is 21.6 Å². The summed E-state index contributed by atoms with van der Waals surface area (Å²) in [5.74, 6) is -2.08. The molecule has 0 spiro atoms. The monoisotopic (exact) mass is 442 g/mol. The van der Waals surface area contributed by atoms with E-state index in [0.717, 1.165) is 36.6 Å². The van der Waals surface area contributed by atoms with E-state index in [0.29, 0.717) is 24.2 Å². The number of hydrogen-bond donors (Lipinski definition) is 1. The normalized spacial score (nSPS) is 14.5. The van der Waals surface area contributed by atoms with Crippen LogP contribution in [0.1, 0.15) is 23.2 Å². The maximum Gasteiger partial charge on any atom is 0.255 e. The first-order valence-corrected chi connectivity index (χ1v) is 11.2. The Kier molecular flexibility index (Phi) is 5.84. The summed E-state index contributed by atoms with van der Waals surface area (Å²) in [7, 11) is -3.49. The van der Waals surface area contributed by atoms with Gasteiger partial charge in [0, 0.05) is 30.4 Å². The number of amides is 1. The van der Waals surface area contributed by atoms with E-state index in [1.807, 2.05) is 0 Å². The minimum Gasteiger partial charge on any atom is -0.322 e. The molecular formula is C23H20F2N2O3S. The number of anilines is 1. The fourth-order valence-corrected chi connectivity index (χ4v) is 5.08. The van der Waals surface area contributed by atoms with Crippen molar-refractivity contribution in [2.75, 3.05) is 18.4 Å². The fourth-order valence-electron chi connectivity index (χ4n) is 3.57. The van der Waals surface area contributed by atoms with Crippen LogP contribution in [-0.4, -0.2) is 31.7 Å². The lowest BCUT2D eigenvalue weighted by molar-refractivity contribution is 0.102. The van der Waals surface area contributed by atoms with E-state index in [1.54, 1.807) is 48.5 Å². The number of hydrogen-bond acceptors (Lipinski definition) is 3. The van der Waals surface area contributed by atoms with Gasteiger partial charge < -0.3 is 5.32 Å². The smallest absolute Gasteiger partial charge is 0.255 e. The molecule has 0 radical (unpaired) electrons. The molecule has 0 aliphatic carbocycles. The molecule has 8 heteroatoms. The van der Waals surface area contributed by atoms with Gasteiger partial charge in [-0.25, -0.2) is 17.2 Å². The van der Waals surface area contributed by atoms with Crippen LogP contribution in [0.3, 0.4) is 0 Å². The maximum absolute atomic E-state index is 13.3. The molecule has 1 saturated heterocycles. The summed E-state index contributed by atoms with van der Waals surface area (Å²) in [6, 6.07) is 16.0. The van der Waals surface area contributed by atoms with Gasteiger partial charge in [-0.1, -0.05) is 24.3 Å². The summed E-state index contributed by atoms with van der Waals surface area (Å²) >= 11 is 0. The van der Waals surface area contributed by atoms with Gasteiger partial charge in [-0.15, -0.1) is 0 Å². The van der Waals surface area contributed by atoms with Crippen LogP contribution in [-0.2, 0) is 10.0 Å². The van der Waals surface area contributed by atoms with Crippen molar-refractivity contribution in [2.24, 2.45) is 0 Å². The second-order valence-electron chi connectivity index (χ2n) is 7.33. The molecule has 1 N–H and O–H groups in total. The Morgan fingerprint density at radius 1 is 0.839 bits per heavy atom. The molecule has 1 amide bonds. The predicted octanol–water partition coefficient (Wildman–Crippen LogP) is 4.67. The van der Waals surface area contributed by atoms with Crippen molar-refractivity contribution in [1.29, 1.82) is 0 Å². The highest BCUT2D eigenvalue weighted by atomic mass is 32.2. The Morgan fingerprint density at radius 2 is 1.48 bits per heavy atom. The van der Waals surface area contributed by atoms with Crippen LogP contribution in [0.15, 0.2) is 71.6 Å². The molecule has 0 unspecified atom stereocenters. The zero-order chi connectivity index (χ0) is 22.0. The van der Waals surface area contributed by atoms with Crippen LogP contribution >= 0.6 is 0 Å². The number of halogens is 2.